The Labute approximate surface area is 97.9 Å². The van der Waals surface area contributed by atoms with Crippen LogP contribution >= 0.6 is 8.22 Å². The minimum atomic E-state index is -0.159. The summed E-state index contributed by atoms with van der Waals surface area (Å²) in [5, 5.41) is 0. The highest BCUT2D eigenvalue weighted by Crippen LogP contribution is 2.44. The van der Waals surface area contributed by atoms with Crippen molar-refractivity contribution in [3.8, 4) is 0 Å². The Morgan fingerprint density at radius 1 is 0.867 bits per heavy atom. The molecule has 0 heterocycles. The third kappa shape index (κ3) is 4.38. The molecule has 1 atom stereocenters. The fourth-order valence-corrected chi connectivity index (χ4v) is 4.98. The minimum absolute atomic E-state index is 0.159. The van der Waals surface area contributed by atoms with Gasteiger partial charge in [-0.1, -0.05) is 6.92 Å². The van der Waals surface area contributed by atoms with Crippen molar-refractivity contribution in [3.05, 3.63) is 0 Å². The summed E-state index contributed by atoms with van der Waals surface area (Å²) < 4.78 is 5.24. The molecule has 0 aromatic carbocycles. The number of hydrogen-bond donors (Lipinski definition) is 0. The minimum Gasteiger partial charge on any atom is -0.268 e. The van der Waals surface area contributed by atoms with Crippen LogP contribution < -0.4 is 0 Å². The van der Waals surface area contributed by atoms with Crippen LogP contribution in [0.15, 0.2) is 0 Å². The van der Waals surface area contributed by atoms with Gasteiger partial charge in [0.2, 0.25) is 0 Å². The topological polar surface area (TPSA) is 6.48 Å². The van der Waals surface area contributed by atoms with E-state index in [2.05, 4.69) is 64.5 Å². The molecule has 0 fully saturated rings. The first-order chi connectivity index (χ1) is 6.82. The number of nitrogens with zero attached hydrogens (tertiary/aromatic N) is 2. The lowest BCUT2D eigenvalue weighted by Crippen LogP contribution is -2.39. The summed E-state index contributed by atoms with van der Waals surface area (Å²) in [6.07, 6.45) is 0. The standard InChI is InChI=1S/C12H29N2P/c1-9-13(10(2)3)15(8)14(11(4)5)12(6)7/h10-12H,9H2,1-8H3. The fraction of sp³-hybridized carbons (Fsp3) is 1.00. The third-order valence-corrected chi connectivity index (χ3v) is 5.76. The van der Waals surface area contributed by atoms with Gasteiger partial charge in [0.15, 0.2) is 0 Å². The molecule has 0 bridgehead atoms. The van der Waals surface area contributed by atoms with Gasteiger partial charge in [0.25, 0.3) is 0 Å². The SMILES string of the molecule is CCN(C(C)C)P(C)N(C(C)C)C(C)C. The van der Waals surface area contributed by atoms with Crippen molar-refractivity contribution in [1.29, 1.82) is 0 Å². The van der Waals surface area contributed by atoms with Crippen LogP contribution in [-0.2, 0) is 0 Å². The molecule has 0 aliphatic heterocycles. The molecule has 0 saturated carbocycles. The van der Waals surface area contributed by atoms with E-state index in [9.17, 15) is 0 Å². The molecule has 0 aromatic heterocycles. The van der Waals surface area contributed by atoms with Crippen LogP contribution in [0.3, 0.4) is 0 Å². The lowest BCUT2D eigenvalue weighted by atomic mass is 10.3. The maximum Gasteiger partial charge on any atom is 0.0369 e. The second-order valence-corrected chi connectivity index (χ2v) is 6.86. The zero-order chi connectivity index (χ0) is 12.2. The normalized spacial score (nSPS) is 15.0. The van der Waals surface area contributed by atoms with E-state index in [-0.39, 0.29) is 8.22 Å². The van der Waals surface area contributed by atoms with E-state index in [1.807, 2.05) is 0 Å². The van der Waals surface area contributed by atoms with Gasteiger partial charge in [-0.3, -0.25) is 9.34 Å². The second kappa shape index (κ2) is 6.83. The summed E-state index contributed by atoms with van der Waals surface area (Å²) in [5.41, 5.74) is 0. The highest BCUT2D eigenvalue weighted by Gasteiger charge is 2.25. The average molecular weight is 232 g/mol. The third-order valence-electron chi connectivity index (χ3n) is 2.68. The molecule has 0 aliphatic carbocycles. The molecular formula is C12H29N2P. The van der Waals surface area contributed by atoms with Crippen LogP contribution in [0.1, 0.15) is 48.5 Å². The predicted molar refractivity (Wildman–Crippen MR) is 72.5 cm³/mol. The zero-order valence-corrected chi connectivity index (χ0v) is 12.7. The Balaban J connectivity index is 4.67. The smallest absolute Gasteiger partial charge is 0.0369 e. The van der Waals surface area contributed by atoms with Crippen molar-refractivity contribution >= 4 is 8.22 Å². The summed E-state index contributed by atoms with van der Waals surface area (Å²) in [5.74, 6) is 0. The molecule has 0 aromatic rings. The monoisotopic (exact) mass is 232 g/mol. The molecule has 92 valence electrons. The van der Waals surface area contributed by atoms with Crippen LogP contribution in [0.4, 0.5) is 0 Å². The summed E-state index contributed by atoms with van der Waals surface area (Å²) >= 11 is 0. The summed E-state index contributed by atoms with van der Waals surface area (Å²) in [6, 6.07) is 1.91. The Bertz CT molecular complexity index is 161. The van der Waals surface area contributed by atoms with Gasteiger partial charge in [-0.25, -0.2) is 0 Å². The lowest BCUT2D eigenvalue weighted by molar-refractivity contribution is 0.285. The van der Waals surface area contributed by atoms with Crippen molar-refractivity contribution in [3.63, 3.8) is 0 Å². The van der Waals surface area contributed by atoms with Gasteiger partial charge in [0, 0.05) is 32.9 Å². The van der Waals surface area contributed by atoms with Crippen molar-refractivity contribution in [2.75, 3.05) is 13.2 Å². The Morgan fingerprint density at radius 2 is 1.27 bits per heavy atom. The molecule has 0 amide bonds. The van der Waals surface area contributed by atoms with Gasteiger partial charge in [-0.15, -0.1) is 0 Å². The van der Waals surface area contributed by atoms with E-state index in [1.165, 1.54) is 0 Å². The summed E-state index contributed by atoms with van der Waals surface area (Å²) in [6.45, 7) is 19.6. The van der Waals surface area contributed by atoms with Crippen LogP contribution in [0.2, 0.25) is 0 Å². The maximum atomic E-state index is 2.64. The maximum absolute atomic E-state index is 2.64. The first-order valence-corrected chi connectivity index (χ1v) is 7.80. The predicted octanol–water partition coefficient (Wildman–Crippen LogP) is 3.78. The van der Waals surface area contributed by atoms with Crippen molar-refractivity contribution in [2.24, 2.45) is 0 Å². The number of rotatable bonds is 6. The van der Waals surface area contributed by atoms with Crippen molar-refractivity contribution in [1.82, 2.24) is 9.34 Å². The summed E-state index contributed by atoms with van der Waals surface area (Å²) in [4.78, 5) is 0. The van der Waals surface area contributed by atoms with E-state index in [4.69, 9.17) is 0 Å². The molecule has 0 N–H and O–H groups in total. The molecule has 0 saturated heterocycles. The highest BCUT2D eigenvalue weighted by atomic mass is 31.1. The van der Waals surface area contributed by atoms with Crippen LogP contribution in [-0.4, -0.2) is 40.7 Å². The van der Waals surface area contributed by atoms with Crippen molar-refractivity contribution in [2.45, 2.75) is 66.6 Å². The van der Waals surface area contributed by atoms with E-state index in [0.717, 1.165) is 6.54 Å². The van der Waals surface area contributed by atoms with Crippen LogP contribution in [0, 0.1) is 0 Å². The Kier molecular flexibility index (Phi) is 6.99. The van der Waals surface area contributed by atoms with E-state index < -0.39 is 0 Å². The first-order valence-electron chi connectivity index (χ1n) is 6.11. The van der Waals surface area contributed by atoms with E-state index in [1.54, 1.807) is 0 Å². The molecule has 1 unspecified atom stereocenters. The van der Waals surface area contributed by atoms with Gasteiger partial charge >= 0.3 is 0 Å². The molecule has 2 nitrogen and oxygen atoms in total. The van der Waals surface area contributed by atoms with E-state index >= 15 is 0 Å². The lowest BCUT2D eigenvalue weighted by Gasteiger charge is -2.43. The highest BCUT2D eigenvalue weighted by molar-refractivity contribution is 7.51. The molecule has 3 heteroatoms. The molecule has 0 radical (unpaired) electrons. The van der Waals surface area contributed by atoms with Crippen LogP contribution in [0.5, 0.6) is 0 Å². The average Bonchev–Trinajstić information content (AvgIpc) is 2.02. The largest absolute Gasteiger partial charge is 0.268 e. The van der Waals surface area contributed by atoms with Gasteiger partial charge in [0.1, 0.15) is 0 Å². The first kappa shape index (κ1) is 15.3. The number of hydrogen-bond acceptors (Lipinski definition) is 2. The van der Waals surface area contributed by atoms with Gasteiger partial charge < -0.3 is 0 Å². The molecular weight excluding hydrogens is 203 g/mol. The quantitative estimate of drug-likeness (QED) is 0.643. The Hall–Kier alpha value is 0.350. The van der Waals surface area contributed by atoms with Gasteiger partial charge in [-0.05, 0) is 48.2 Å². The van der Waals surface area contributed by atoms with Crippen LogP contribution in [0.25, 0.3) is 0 Å². The Morgan fingerprint density at radius 3 is 1.47 bits per heavy atom. The molecule has 0 spiro atoms. The van der Waals surface area contributed by atoms with Gasteiger partial charge in [0.05, 0.1) is 0 Å². The molecule has 15 heavy (non-hydrogen) atoms. The summed E-state index contributed by atoms with van der Waals surface area (Å²) in [7, 11) is -0.159. The second-order valence-electron chi connectivity index (χ2n) is 4.91. The molecule has 0 rings (SSSR count). The van der Waals surface area contributed by atoms with E-state index in [0.29, 0.717) is 18.1 Å². The fourth-order valence-electron chi connectivity index (χ4n) is 2.30. The van der Waals surface area contributed by atoms with Crippen molar-refractivity contribution < 1.29 is 0 Å². The zero-order valence-electron chi connectivity index (χ0n) is 11.8. The molecule has 0 aliphatic rings. The van der Waals surface area contributed by atoms with Gasteiger partial charge in [-0.2, -0.15) is 0 Å².